The minimum absolute atomic E-state index is 0.0543. The number of hydrogen-bond acceptors (Lipinski definition) is 3. The monoisotopic (exact) mass is 428 g/mol. The van der Waals surface area contributed by atoms with E-state index in [-0.39, 0.29) is 16.4 Å². The minimum atomic E-state index is -3.81. The Bertz CT molecular complexity index is 1150. The normalized spacial score (nSPS) is 11.1. The van der Waals surface area contributed by atoms with Crippen LogP contribution in [0.5, 0.6) is 0 Å². The van der Waals surface area contributed by atoms with Crippen LogP contribution in [0.1, 0.15) is 21.5 Å². The molecule has 0 unspecified atom stereocenters. The molecule has 0 aliphatic heterocycles. The van der Waals surface area contributed by atoms with E-state index in [2.05, 4.69) is 5.32 Å². The second-order valence-corrected chi connectivity index (χ2v) is 9.01. The molecule has 0 fully saturated rings. The van der Waals surface area contributed by atoms with Gasteiger partial charge in [-0.1, -0.05) is 48.0 Å². The lowest BCUT2D eigenvalue weighted by atomic mass is 10.2. The zero-order valence-corrected chi connectivity index (χ0v) is 17.7. The highest BCUT2D eigenvalue weighted by Gasteiger charge is 2.23. The fourth-order valence-electron chi connectivity index (χ4n) is 2.93. The molecule has 3 rings (SSSR count). The maximum Gasteiger partial charge on any atom is 0.264 e. The van der Waals surface area contributed by atoms with Crippen molar-refractivity contribution in [2.24, 2.45) is 0 Å². The summed E-state index contributed by atoms with van der Waals surface area (Å²) in [5.74, 6) is -0.361. The van der Waals surface area contributed by atoms with Crippen molar-refractivity contribution in [1.82, 2.24) is 5.32 Å². The number of para-hydroxylation sites is 1. The van der Waals surface area contributed by atoms with Crippen molar-refractivity contribution < 1.29 is 13.2 Å². The third-order valence-electron chi connectivity index (χ3n) is 4.55. The molecule has 0 aliphatic rings. The number of benzene rings is 3. The van der Waals surface area contributed by atoms with E-state index in [0.29, 0.717) is 17.3 Å². The Balaban J connectivity index is 1.81. The molecule has 1 amide bonds. The predicted molar refractivity (Wildman–Crippen MR) is 116 cm³/mol. The number of hydrogen-bond donors (Lipinski definition) is 1. The van der Waals surface area contributed by atoms with E-state index in [9.17, 15) is 13.2 Å². The molecular formula is C22H21ClN2O3S. The Labute approximate surface area is 176 Å². The first-order valence-corrected chi connectivity index (χ1v) is 10.8. The van der Waals surface area contributed by atoms with Gasteiger partial charge in [0.15, 0.2) is 0 Å². The summed E-state index contributed by atoms with van der Waals surface area (Å²) in [6.07, 6.45) is 0. The number of sulfonamides is 1. The standard InChI is InChI=1S/C22H21ClN2O3S/c1-16-7-3-4-12-21(16)25(2)29(27,28)20-11-6-9-18(14-20)22(26)24-15-17-8-5-10-19(23)13-17/h3-14H,15H2,1-2H3,(H,24,26). The van der Waals surface area contributed by atoms with Gasteiger partial charge in [-0.3, -0.25) is 9.10 Å². The Morgan fingerprint density at radius 1 is 1.00 bits per heavy atom. The number of carbonyl (C=O) groups excluding carboxylic acids is 1. The molecular weight excluding hydrogens is 408 g/mol. The fraction of sp³-hybridized carbons (Fsp3) is 0.136. The summed E-state index contributed by atoms with van der Waals surface area (Å²) in [6, 6.07) is 20.4. The van der Waals surface area contributed by atoms with Crippen molar-refractivity contribution in [3.05, 3.63) is 94.5 Å². The lowest BCUT2D eigenvalue weighted by Gasteiger charge is -2.21. The predicted octanol–water partition coefficient (Wildman–Crippen LogP) is 4.40. The van der Waals surface area contributed by atoms with E-state index in [1.54, 1.807) is 42.5 Å². The number of carbonyl (C=O) groups is 1. The second kappa shape index (κ2) is 8.68. The third kappa shape index (κ3) is 4.78. The number of amides is 1. The van der Waals surface area contributed by atoms with Crippen LogP contribution in [0, 0.1) is 6.92 Å². The summed E-state index contributed by atoms with van der Waals surface area (Å²) in [6.45, 7) is 2.14. The highest BCUT2D eigenvalue weighted by Crippen LogP contribution is 2.25. The average molecular weight is 429 g/mol. The van der Waals surface area contributed by atoms with Gasteiger partial charge >= 0.3 is 0 Å². The van der Waals surface area contributed by atoms with Gasteiger partial charge in [-0.2, -0.15) is 0 Å². The van der Waals surface area contributed by atoms with Crippen LogP contribution in [0.15, 0.2) is 77.7 Å². The molecule has 1 N–H and O–H groups in total. The van der Waals surface area contributed by atoms with Crippen LogP contribution < -0.4 is 9.62 Å². The van der Waals surface area contributed by atoms with E-state index in [1.807, 2.05) is 25.1 Å². The van der Waals surface area contributed by atoms with Crippen LogP contribution in [-0.4, -0.2) is 21.4 Å². The zero-order chi connectivity index (χ0) is 21.0. The van der Waals surface area contributed by atoms with Gasteiger partial charge in [-0.25, -0.2) is 8.42 Å². The quantitative estimate of drug-likeness (QED) is 0.632. The Kier molecular flexibility index (Phi) is 6.25. The molecule has 0 spiro atoms. The largest absolute Gasteiger partial charge is 0.348 e. The first kappa shape index (κ1) is 20.9. The number of anilines is 1. The average Bonchev–Trinajstić information content (AvgIpc) is 2.72. The topological polar surface area (TPSA) is 66.5 Å². The van der Waals surface area contributed by atoms with Crippen LogP contribution in [0.4, 0.5) is 5.69 Å². The van der Waals surface area contributed by atoms with Crippen molar-refractivity contribution in [3.63, 3.8) is 0 Å². The van der Waals surface area contributed by atoms with Crippen LogP contribution in [0.3, 0.4) is 0 Å². The maximum absolute atomic E-state index is 13.1. The molecule has 0 aromatic heterocycles. The van der Waals surface area contributed by atoms with Gasteiger partial charge < -0.3 is 5.32 Å². The maximum atomic E-state index is 13.1. The fourth-order valence-corrected chi connectivity index (χ4v) is 4.45. The molecule has 150 valence electrons. The van der Waals surface area contributed by atoms with Gasteiger partial charge in [0.05, 0.1) is 10.6 Å². The molecule has 0 atom stereocenters. The third-order valence-corrected chi connectivity index (χ3v) is 6.55. The molecule has 5 nitrogen and oxygen atoms in total. The lowest BCUT2D eigenvalue weighted by Crippen LogP contribution is -2.28. The first-order valence-electron chi connectivity index (χ1n) is 8.96. The van der Waals surface area contributed by atoms with Crippen LogP contribution in [0.2, 0.25) is 5.02 Å². The summed E-state index contributed by atoms with van der Waals surface area (Å²) in [5, 5.41) is 3.37. The Morgan fingerprint density at radius 3 is 2.45 bits per heavy atom. The van der Waals surface area contributed by atoms with Gasteiger partial charge in [0, 0.05) is 24.2 Å². The van der Waals surface area contributed by atoms with Crippen molar-refractivity contribution in [2.75, 3.05) is 11.4 Å². The van der Waals surface area contributed by atoms with Crippen molar-refractivity contribution in [2.45, 2.75) is 18.4 Å². The molecule has 7 heteroatoms. The first-order chi connectivity index (χ1) is 13.8. The number of aryl methyl sites for hydroxylation is 1. The van der Waals surface area contributed by atoms with E-state index >= 15 is 0 Å². The molecule has 0 saturated heterocycles. The summed E-state index contributed by atoms with van der Waals surface area (Å²) >= 11 is 5.96. The van der Waals surface area contributed by atoms with Gasteiger partial charge in [0.2, 0.25) is 0 Å². The van der Waals surface area contributed by atoms with Crippen LogP contribution in [0.25, 0.3) is 0 Å². The van der Waals surface area contributed by atoms with E-state index in [0.717, 1.165) is 11.1 Å². The molecule has 0 bridgehead atoms. The second-order valence-electron chi connectivity index (χ2n) is 6.60. The number of nitrogens with zero attached hydrogens (tertiary/aromatic N) is 1. The van der Waals surface area contributed by atoms with Gasteiger partial charge in [0.1, 0.15) is 0 Å². The van der Waals surface area contributed by atoms with Crippen molar-refractivity contribution >= 4 is 33.2 Å². The van der Waals surface area contributed by atoms with Gasteiger partial charge in [-0.15, -0.1) is 0 Å². The van der Waals surface area contributed by atoms with Gasteiger partial charge in [-0.05, 0) is 54.4 Å². The summed E-state index contributed by atoms with van der Waals surface area (Å²) in [7, 11) is -2.30. The Morgan fingerprint density at radius 2 is 1.72 bits per heavy atom. The number of rotatable bonds is 6. The molecule has 3 aromatic carbocycles. The highest BCUT2D eigenvalue weighted by atomic mass is 35.5. The molecule has 0 radical (unpaired) electrons. The summed E-state index contributed by atoms with van der Waals surface area (Å²) < 4.78 is 27.3. The molecule has 3 aromatic rings. The zero-order valence-electron chi connectivity index (χ0n) is 16.1. The number of halogens is 1. The van der Waals surface area contributed by atoms with E-state index < -0.39 is 10.0 Å². The molecule has 29 heavy (non-hydrogen) atoms. The van der Waals surface area contributed by atoms with E-state index in [4.69, 9.17) is 11.6 Å². The summed E-state index contributed by atoms with van der Waals surface area (Å²) in [5.41, 5.74) is 2.55. The minimum Gasteiger partial charge on any atom is -0.348 e. The summed E-state index contributed by atoms with van der Waals surface area (Å²) in [4.78, 5) is 12.6. The number of nitrogens with one attached hydrogen (secondary N) is 1. The van der Waals surface area contributed by atoms with Gasteiger partial charge in [0.25, 0.3) is 15.9 Å². The SMILES string of the molecule is Cc1ccccc1N(C)S(=O)(=O)c1cccc(C(=O)NCc2cccc(Cl)c2)c1. The van der Waals surface area contributed by atoms with Crippen molar-refractivity contribution in [1.29, 1.82) is 0 Å². The van der Waals surface area contributed by atoms with Crippen LogP contribution in [-0.2, 0) is 16.6 Å². The smallest absolute Gasteiger partial charge is 0.264 e. The molecule has 0 aliphatic carbocycles. The molecule has 0 saturated carbocycles. The van der Waals surface area contributed by atoms with E-state index in [1.165, 1.54) is 23.5 Å². The van der Waals surface area contributed by atoms with Crippen LogP contribution >= 0.6 is 11.6 Å². The Hall–Kier alpha value is -2.83. The molecule has 0 heterocycles. The van der Waals surface area contributed by atoms with Crippen molar-refractivity contribution in [3.8, 4) is 0 Å². The lowest BCUT2D eigenvalue weighted by molar-refractivity contribution is 0.0950. The highest BCUT2D eigenvalue weighted by molar-refractivity contribution is 7.92.